The van der Waals surface area contributed by atoms with E-state index >= 15 is 0 Å². The van der Waals surface area contributed by atoms with E-state index < -0.39 is 295 Å². The van der Waals surface area contributed by atoms with E-state index in [0.29, 0.717) is 0 Å². The second-order valence-electron chi connectivity index (χ2n) is 28.1. The van der Waals surface area contributed by atoms with Crippen LogP contribution in [0, 0.1) is 27.7 Å². The maximum atomic E-state index is 12.2. The molecule has 30 aliphatic rings. The number of aliphatic hydroxyl groups excluding tert-OH is 16. The van der Waals surface area contributed by atoms with Crippen LogP contribution in [0.5, 0.6) is 0 Å². The first kappa shape index (κ1) is 129. The minimum absolute atomic E-state index is 0. The number of carboxylic acids is 4. The van der Waals surface area contributed by atoms with E-state index in [9.17, 15) is 121 Å². The minimum atomic E-state index is -2.28. The van der Waals surface area contributed by atoms with Crippen LogP contribution in [-0.2, 0) is 95.0 Å². The third-order valence-corrected chi connectivity index (χ3v) is 27.7. The Hall–Kier alpha value is 7.40. The van der Waals surface area contributed by atoms with E-state index in [2.05, 4.69) is 27.7 Å². The van der Waals surface area contributed by atoms with Crippen molar-refractivity contribution in [3.63, 3.8) is 0 Å². The third kappa shape index (κ3) is 36.0. The van der Waals surface area contributed by atoms with Crippen molar-refractivity contribution in [1.29, 1.82) is 0 Å². The van der Waals surface area contributed by atoms with E-state index in [1.807, 2.05) is 0 Å². The van der Waals surface area contributed by atoms with Gasteiger partial charge < -0.3 is 225 Å². The van der Waals surface area contributed by atoms with Gasteiger partial charge in [-0.2, -0.15) is 94.1 Å². The topological polar surface area (TPSA) is 632 Å². The van der Waals surface area contributed by atoms with E-state index in [4.69, 9.17) is 75.8 Å². The molecular formula is C68H104Na8O40S8. The molecule has 16 unspecified atom stereocenters. The summed E-state index contributed by atoms with van der Waals surface area (Å²) in [5, 5.41) is 240. The molecule has 16 N–H and O–H groups in total. The smallest absolute Gasteiger partial charge is 0.550 e. The zero-order valence-corrected chi connectivity index (χ0v) is 92.8. The van der Waals surface area contributed by atoms with Crippen LogP contribution in [0.1, 0.15) is 25.7 Å². The molecule has 124 heavy (non-hydrogen) atoms. The van der Waals surface area contributed by atoms with Crippen LogP contribution >= 0.6 is 94.1 Å². The van der Waals surface area contributed by atoms with Gasteiger partial charge in [0.2, 0.25) is 0 Å². The van der Waals surface area contributed by atoms with E-state index in [1.54, 1.807) is 0 Å². The number of hydrogen-bond donors (Lipinski definition) is 16. The number of carbonyl (C=O) groups is 4. The summed E-state index contributed by atoms with van der Waals surface area (Å²) in [6.07, 6.45) is -78.2. The van der Waals surface area contributed by atoms with Gasteiger partial charge in [0.15, 0.2) is 50.3 Å². The summed E-state index contributed by atoms with van der Waals surface area (Å²) in [4.78, 5) is 46.5. The molecular weight excluding hydrogens is 1900 g/mol. The fraction of sp³-hybridized carbons (Fsp3) is 0.882. The summed E-state index contributed by atoms with van der Waals surface area (Å²) in [5.74, 6) is -7.50. The quantitative estimate of drug-likeness (QED) is 0.0169. The number of aliphatic carboxylic acids is 4. The first-order chi connectivity index (χ1) is 55.3. The van der Waals surface area contributed by atoms with Gasteiger partial charge in [0.1, 0.15) is 146 Å². The largest absolute Gasteiger partial charge is 1.00 e. The monoisotopic (exact) mass is 2000 g/mol. The first-order valence-electron chi connectivity index (χ1n) is 37.3. The molecule has 30 fully saturated rings. The molecule has 0 radical (unpaired) electrons. The Morgan fingerprint density at radius 2 is 0.315 bits per heavy atom. The fourth-order valence-electron chi connectivity index (χ4n) is 14.0. The fourth-order valence-corrected chi connectivity index (χ4v) is 20.6. The summed E-state index contributed by atoms with van der Waals surface area (Å²) < 4.78 is 100. The van der Waals surface area contributed by atoms with Crippen LogP contribution in [0.25, 0.3) is 0 Å². The Balaban J connectivity index is 0.00000961. The number of ether oxygens (including phenoxy) is 16. The molecule has 672 valence electrons. The summed E-state index contributed by atoms with van der Waals surface area (Å²) in [5.41, 5.74) is 0. The summed E-state index contributed by atoms with van der Waals surface area (Å²) in [6.45, 7) is 15.4. The maximum Gasteiger partial charge on any atom is 1.00 e. The molecule has 0 saturated carbocycles. The summed E-state index contributed by atoms with van der Waals surface area (Å²) >= 11 is 8.17. The maximum absolute atomic E-state index is 12.2. The molecule has 56 heteroatoms. The molecule has 30 saturated heterocycles. The van der Waals surface area contributed by atoms with Crippen LogP contribution in [0.15, 0.2) is 0 Å². The number of thioether (sulfide) groups is 8. The molecule has 0 amide bonds. The van der Waals surface area contributed by atoms with Gasteiger partial charge in [-0.15, -0.1) is 23.0 Å². The Morgan fingerprint density at radius 1 is 0.202 bits per heavy atom. The van der Waals surface area contributed by atoms with Crippen molar-refractivity contribution in [2.24, 2.45) is 0 Å². The van der Waals surface area contributed by atoms with Crippen LogP contribution in [0.2, 0.25) is 0 Å². The molecule has 0 aliphatic carbocycles. The Morgan fingerprint density at radius 3 is 0.419 bits per heavy atom. The van der Waals surface area contributed by atoms with Crippen molar-refractivity contribution in [2.45, 2.75) is 271 Å². The molecule has 0 aromatic carbocycles. The van der Waals surface area contributed by atoms with Crippen LogP contribution in [0.3, 0.4) is 0 Å². The molecule has 30 heterocycles. The average molecular weight is 2000 g/mol. The van der Waals surface area contributed by atoms with Crippen molar-refractivity contribution < 1.29 is 434 Å². The van der Waals surface area contributed by atoms with E-state index in [0.717, 1.165) is 94.1 Å². The van der Waals surface area contributed by atoms with Gasteiger partial charge >= 0.3 is 236 Å². The van der Waals surface area contributed by atoms with Gasteiger partial charge in [0.05, 0.1) is 48.8 Å². The molecule has 40 nitrogen and oxygen atoms in total. The second kappa shape index (κ2) is 64.9. The Kier molecular flexibility index (Phi) is 67.7. The molecule has 16 bridgehead atoms. The minimum Gasteiger partial charge on any atom is -0.550 e. The predicted octanol–water partition coefficient (Wildman–Crippen LogP) is -35.6. The van der Waals surface area contributed by atoms with Gasteiger partial charge in [-0.25, -0.2) is 0 Å². The van der Waals surface area contributed by atoms with Crippen LogP contribution in [0.4, 0.5) is 0 Å². The van der Waals surface area contributed by atoms with E-state index in [1.165, 1.54) is 0 Å². The van der Waals surface area contributed by atoms with Gasteiger partial charge in [-0.05, 0) is 48.7 Å². The summed E-state index contributed by atoms with van der Waals surface area (Å²) in [7, 11) is 0. The molecule has 30 rings (SSSR count). The standard InChI is InChI=1S/C68H108O40S8.8Na/c1-5-109-17-25-53-38(78)46(86)62(94-25)103-55-27(19-111-7-3)96-64(48(88)40(55)80)105-57-29(21-113-13-9-33(69)70)98-66(50(90)42(57)82)107-59-31(23-115-15-11-35(73)74)100-68(52(92)44(59)84)108-60-32(24-116-16-12-36(75)76)99-67(51(91)43(60)83)106-58-30(22-114-14-10-34(71)72)97-65(49(89)41(58)81)104-56-28(20-112-8-4)95-63(47(87)39(56)79)102-54-26(18-110-6-2)93-61(101-53)45(85)37(54)77;;;;;;;;/h25-32,37-68,77-92H,1-24H2,(H,69,70)(H,71,72)(H,73,74)(H,75,76);;;;;;;;/q-4;8*+1/p-4/t25?,26?,27?,28?,29?,30?,31?,32?,37-,38-,39-,40-,41-,42-,43-,44-,45?,46?,47?,48?,49+,50?,51?,52?,53-,54-,55-,56-,57-,58-,59-,60-,61+,62-,63-,64-,65?,66-,67-,68-;;;;;;;;/m1......../s1. The molecule has 30 aliphatic heterocycles. The molecule has 40 atom stereocenters. The SMILES string of the molecule is [CH2-]CSCC1O[C@@H]2O[C@@H]3C(CSC[CH2-])O[C@@H](O[C@@H]4C(CSC[CH2-])O[C@H](O[C@@H]5C(CSC[CH2-])O[C@H](O[C@@H]6C(CSCCC(=O)[O-])O[C@H](O[C@@H]7C(CSCCC(=O)[O-])O[C@H](O[C@@H]8C(CSCCC(=O)[O-])O[C@H](O[C@@H]9C(CSCCC(=O)[O-])OC(O[C@H]1[C@H](O)C2O)[C@@H](O)[C@H]9O)C(O)[C@H]8O)C(O)[C@H]7O)C(O)[C@H]6O)C(O)[C@H]5O)C(O)[C@H]4O)C(O)[C@H]3O.[Na+].[Na+].[Na+].[Na+].[Na+].[Na+].[Na+].[Na+]. The summed E-state index contributed by atoms with van der Waals surface area (Å²) in [6, 6.07) is 0. The van der Waals surface area contributed by atoms with Crippen molar-refractivity contribution in [2.75, 3.05) is 92.0 Å². The number of carboxylic acid groups (broad SMARTS) is 4. The number of aliphatic hydroxyl groups is 16. The van der Waals surface area contributed by atoms with Crippen molar-refractivity contribution in [1.82, 2.24) is 0 Å². The first-order valence-corrected chi connectivity index (χ1v) is 46.5. The molecule has 0 aromatic heterocycles. The number of carbonyl (C=O) groups excluding carboxylic acids is 4. The molecule has 0 spiro atoms. The average Bonchev–Trinajstić information content (AvgIpc) is 0.770. The van der Waals surface area contributed by atoms with Crippen molar-refractivity contribution >= 4 is 118 Å². The normalized spacial score (nSPS) is 41.8. The van der Waals surface area contributed by atoms with E-state index in [-0.39, 0.29) is 329 Å². The molecule has 0 aromatic rings. The predicted molar refractivity (Wildman–Crippen MR) is 403 cm³/mol. The Labute approximate surface area is 929 Å². The zero-order chi connectivity index (χ0) is 84.5. The van der Waals surface area contributed by atoms with Gasteiger partial charge in [-0.1, -0.05) is 0 Å². The number of hydrogen-bond acceptors (Lipinski definition) is 48. The third-order valence-electron chi connectivity index (χ3n) is 20.1. The van der Waals surface area contributed by atoms with Gasteiger partial charge in [0.25, 0.3) is 0 Å². The van der Waals surface area contributed by atoms with Gasteiger partial charge in [-0.3, -0.25) is 0 Å². The second-order valence-corrected chi connectivity index (χ2v) is 37.3. The van der Waals surface area contributed by atoms with Crippen molar-refractivity contribution in [3.05, 3.63) is 27.7 Å². The van der Waals surface area contributed by atoms with Gasteiger partial charge in [0, 0.05) is 69.9 Å². The zero-order valence-electron chi connectivity index (χ0n) is 70.3. The Bertz CT molecular complexity index is 2960. The van der Waals surface area contributed by atoms with Crippen LogP contribution in [-0.4, -0.2) is 443 Å². The van der Waals surface area contributed by atoms with Crippen molar-refractivity contribution in [3.8, 4) is 0 Å². The number of rotatable bonds is 32. The van der Waals surface area contributed by atoms with Crippen LogP contribution < -0.4 is 257 Å².